The largest absolute Gasteiger partial charge is 0.462 e. The molecule has 112 valence electrons. The van der Waals surface area contributed by atoms with E-state index in [2.05, 4.69) is 5.32 Å². The third kappa shape index (κ3) is 4.94. The smallest absolute Gasteiger partial charge is 0.341 e. The van der Waals surface area contributed by atoms with E-state index in [-0.39, 0.29) is 12.5 Å². The summed E-state index contributed by atoms with van der Waals surface area (Å²) in [4.78, 5) is 24.6. The van der Waals surface area contributed by atoms with Gasteiger partial charge in [-0.05, 0) is 32.3 Å². The number of nitrogens with one attached hydrogen (secondary N) is 1. The summed E-state index contributed by atoms with van der Waals surface area (Å²) in [6.45, 7) is 4.13. The van der Waals surface area contributed by atoms with Crippen LogP contribution in [0.4, 0.5) is 5.00 Å². The maximum Gasteiger partial charge on any atom is 0.341 e. The van der Waals surface area contributed by atoms with Crippen molar-refractivity contribution in [3.8, 4) is 0 Å². The van der Waals surface area contributed by atoms with Crippen LogP contribution in [0.3, 0.4) is 0 Å². The van der Waals surface area contributed by atoms with E-state index in [0.717, 1.165) is 11.3 Å². The monoisotopic (exact) mass is 299 g/mol. The third-order valence-corrected chi connectivity index (χ3v) is 3.89. The maximum absolute atomic E-state index is 11.8. The van der Waals surface area contributed by atoms with Crippen molar-refractivity contribution in [2.24, 2.45) is 0 Å². The highest BCUT2D eigenvalue weighted by Crippen LogP contribution is 2.29. The molecule has 0 atom stereocenters. The average molecular weight is 299 g/mol. The number of thiophene rings is 1. The first-order valence-electron chi connectivity index (χ1n) is 6.82. The summed E-state index contributed by atoms with van der Waals surface area (Å²) >= 11 is 1.40. The third-order valence-electron chi connectivity index (χ3n) is 2.69. The fourth-order valence-corrected chi connectivity index (χ4v) is 2.66. The van der Waals surface area contributed by atoms with Crippen LogP contribution in [0.25, 0.3) is 0 Å². The average Bonchev–Trinajstić information content (AvgIpc) is 2.82. The van der Waals surface area contributed by atoms with Crippen molar-refractivity contribution in [2.45, 2.75) is 39.5 Å². The van der Waals surface area contributed by atoms with Gasteiger partial charge in [0, 0.05) is 17.9 Å². The Morgan fingerprint density at radius 2 is 2.10 bits per heavy atom. The summed E-state index contributed by atoms with van der Waals surface area (Å²) in [5.74, 6) is -0.553. The van der Waals surface area contributed by atoms with Crippen LogP contribution in [0.5, 0.6) is 0 Å². The Kier molecular flexibility index (Phi) is 7.25. The van der Waals surface area contributed by atoms with Crippen LogP contribution in [-0.2, 0) is 16.0 Å². The molecule has 2 N–H and O–H groups in total. The SMILES string of the molecule is CCOC(=O)c1cc(CC)sc1NC(=O)CCCCO. The number of carbonyl (C=O) groups is 2. The molecule has 0 saturated carbocycles. The number of rotatable bonds is 8. The van der Waals surface area contributed by atoms with Gasteiger partial charge in [-0.3, -0.25) is 4.79 Å². The molecule has 0 fully saturated rings. The van der Waals surface area contributed by atoms with Gasteiger partial charge < -0.3 is 15.2 Å². The molecule has 0 spiro atoms. The summed E-state index contributed by atoms with van der Waals surface area (Å²) < 4.78 is 4.99. The van der Waals surface area contributed by atoms with Gasteiger partial charge in [0.2, 0.25) is 5.91 Å². The van der Waals surface area contributed by atoms with Crippen LogP contribution < -0.4 is 5.32 Å². The summed E-state index contributed by atoms with van der Waals surface area (Å²) in [7, 11) is 0. The number of aliphatic hydroxyl groups excluding tert-OH is 1. The van der Waals surface area contributed by atoms with Crippen LogP contribution >= 0.6 is 11.3 Å². The number of anilines is 1. The molecule has 0 aliphatic heterocycles. The van der Waals surface area contributed by atoms with Crippen LogP contribution in [0.1, 0.15) is 48.3 Å². The molecule has 1 aromatic rings. The highest BCUT2D eigenvalue weighted by molar-refractivity contribution is 7.16. The molecule has 0 bridgehead atoms. The fourth-order valence-electron chi connectivity index (χ4n) is 1.66. The zero-order chi connectivity index (χ0) is 15.0. The van der Waals surface area contributed by atoms with Crippen molar-refractivity contribution in [1.82, 2.24) is 0 Å². The van der Waals surface area contributed by atoms with Gasteiger partial charge in [-0.1, -0.05) is 6.92 Å². The predicted molar refractivity (Wildman–Crippen MR) is 79.2 cm³/mol. The number of carbonyl (C=O) groups excluding carboxylic acids is 2. The zero-order valence-electron chi connectivity index (χ0n) is 11.9. The van der Waals surface area contributed by atoms with E-state index in [0.29, 0.717) is 36.4 Å². The normalized spacial score (nSPS) is 10.3. The molecule has 0 aromatic carbocycles. The molecule has 0 aliphatic rings. The molecule has 0 saturated heterocycles. The molecular formula is C14H21NO4S. The van der Waals surface area contributed by atoms with Gasteiger partial charge in [0.1, 0.15) is 5.00 Å². The van der Waals surface area contributed by atoms with Crippen molar-refractivity contribution in [2.75, 3.05) is 18.5 Å². The van der Waals surface area contributed by atoms with Gasteiger partial charge in [0.25, 0.3) is 0 Å². The van der Waals surface area contributed by atoms with E-state index in [1.807, 2.05) is 6.92 Å². The molecule has 20 heavy (non-hydrogen) atoms. The lowest BCUT2D eigenvalue weighted by atomic mass is 10.2. The lowest BCUT2D eigenvalue weighted by Gasteiger charge is -2.05. The summed E-state index contributed by atoms with van der Waals surface area (Å²) in [6, 6.07) is 1.77. The van der Waals surface area contributed by atoms with Crippen molar-refractivity contribution < 1.29 is 19.4 Å². The van der Waals surface area contributed by atoms with E-state index in [4.69, 9.17) is 9.84 Å². The Morgan fingerprint density at radius 3 is 2.70 bits per heavy atom. The number of aliphatic hydroxyl groups is 1. The molecule has 0 unspecified atom stereocenters. The van der Waals surface area contributed by atoms with Gasteiger partial charge in [-0.15, -0.1) is 11.3 Å². The van der Waals surface area contributed by atoms with Gasteiger partial charge >= 0.3 is 5.97 Å². The van der Waals surface area contributed by atoms with E-state index < -0.39 is 5.97 Å². The number of hydrogen-bond donors (Lipinski definition) is 2. The number of hydrogen-bond acceptors (Lipinski definition) is 5. The van der Waals surface area contributed by atoms with Gasteiger partial charge in [-0.25, -0.2) is 4.79 Å². The summed E-state index contributed by atoms with van der Waals surface area (Å²) in [5, 5.41) is 12.0. The van der Waals surface area contributed by atoms with Crippen LogP contribution in [-0.4, -0.2) is 30.2 Å². The molecule has 5 nitrogen and oxygen atoms in total. The topological polar surface area (TPSA) is 75.6 Å². The molecular weight excluding hydrogens is 278 g/mol. The Morgan fingerprint density at radius 1 is 1.35 bits per heavy atom. The molecule has 1 amide bonds. The second-order valence-corrected chi connectivity index (χ2v) is 5.40. The Balaban J connectivity index is 2.74. The van der Waals surface area contributed by atoms with Gasteiger partial charge in [-0.2, -0.15) is 0 Å². The van der Waals surface area contributed by atoms with Crippen LogP contribution in [0.2, 0.25) is 0 Å². The first-order valence-corrected chi connectivity index (χ1v) is 7.64. The van der Waals surface area contributed by atoms with E-state index in [9.17, 15) is 9.59 Å². The van der Waals surface area contributed by atoms with E-state index in [1.165, 1.54) is 11.3 Å². The molecule has 1 rings (SSSR count). The minimum atomic E-state index is -0.408. The minimum absolute atomic E-state index is 0.0837. The Bertz CT molecular complexity index is 456. The number of esters is 1. The number of unbranched alkanes of at least 4 members (excludes halogenated alkanes) is 1. The van der Waals surface area contributed by atoms with Gasteiger partial charge in [0.15, 0.2) is 0 Å². The lowest BCUT2D eigenvalue weighted by Crippen LogP contribution is -2.13. The first kappa shape index (κ1) is 16.7. The highest BCUT2D eigenvalue weighted by atomic mass is 32.1. The van der Waals surface area contributed by atoms with Crippen molar-refractivity contribution in [3.63, 3.8) is 0 Å². The quantitative estimate of drug-likeness (QED) is 0.571. The lowest BCUT2D eigenvalue weighted by molar-refractivity contribution is -0.116. The Labute approximate surface area is 123 Å². The van der Waals surface area contributed by atoms with Crippen LogP contribution in [0, 0.1) is 0 Å². The second-order valence-electron chi connectivity index (χ2n) is 4.26. The standard InChI is InChI=1S/C14H21NO4S/c1-3-10-9-11(14(18)19-4-2)13(20-10)15-12(17)7-5-6-8-16/h9,16H,3-8H2,1-2H3,(H,15,17). The number of ether oxygens (including phenoxy) is 1. The summed E-state index contributed by atoms with van der Waals surface area (Å²) in [5.41, 5.74) is 0.421. The van der Waals surface area contributed by atoms with E-state index in [1.54, 1.807) is 13.0 Å². The minimum Gasteiger partial charge on any atom is -0.462 e. The Hall–Kier alpha value is -1.40. The molecule has 0 aliphatic carbocycles. The molecule has 0 radical (unpaired) electrons. The number of aryl methyl sites for hydroxylation is 1. The zero-order valence-corrected chi connectivity index (χ0v) is 12.7. The second kappa shape index (κ2) is 8.71. The van der Waals surface area contributed by atoms with Crippen molar-refractivity contribution >= 4 is 28.2 Å². The maximum atomic E-state index is 11.8. The molecule has 1 heterocycles. The van der Waals surface area contributed by atoms with Crippen LogP contribution in [0.15, 0.2) is 6.07 Å². The van der Waals surface area contributed by atoms with E-state index >= 15 is 0 Å². The first-order chi connectivity index (χ1) is 9.62. The predicted octanol–water partition coefficient (Wildman–Crippen LogP) is 2.59. The molecule has 1 aromatic heterocycles. The van der Waals surface area contributed by atoms with Crippen molar-refractivity contribution in [1.29, 1.82) is 0 Å². The highest BCUT2D eigenvalue weighted by Gasteiger charge is 2.18. The van der Waals surface area contributed by atoms with Gasteiger partial charge in [0.05, 0.1) is 12.2 Å². The summed E-state index contributed by atoms with van der Waals surface area (Å²) in [6.07, 6.45) is 2.37. The number of amides is 1. The molecule has 6 heteroatoms. The fraction of sp³-hybridized carbons (Fsp3) is 0.571. The van der Waals surface area contributed by atoms with Crippen molar-refractivity contribution in [3.05, 3.63) is 16.5 Å².